The van der Waals surface area contributed by atoms with Crippen molar-refractivity contribution in [1.29, 1.82) is 0 Å². The van der Waals surface area contributed by atoms with Gasteiger partial charge in [-0.2, -0.15) is 0 Å². The molecule has 1 fully saturated rings. The number of thioether (sulfide) groups is 1. The standard InChI is InChI=1S/C14H22N2OS2/c1-5-9(17)11-10(15)12(18-4)13(19-11)16-7-6-14(2,3)8-16/h5-8,15H2,1-4H3. The Morgan fingerprint density at radius 3 is 2.68 bits per heavy atom. The molecule has 0 unspecified atom stereocenters. The molecule has 0 atom stereocenters. The predicted molar refractivity (Wildman–Crippen MR) is 85.7 cm³/mol. The van der Waals surface area contributed by atoms with Crippen molar-refractivity contribution in [3.63, 3.8) is 0 Å². The van der Waals surface area contributed by atoms with Crippen LogP contribution in [0.1, 0.15) is 43.3 Å². The number of nitrogen functional groups attached to an aromatic ring is 1. The van der Waals surface area contributed by atoms with Crippen molar-refractivity contribution in [2.24, 2.45) is 5.41 Å². The molecule has 2 N–H and O–H groups in total. The number of carbonyl (C=O) groups excluding carboxylic acids is 1. The molecular formula is C14H22N2OS2. The van der Waals surface area contributed by atoms with Gasteiger partial charge in [0.15, 0.2) is 5.78 Å². The molecule has 3 nitrogen and oxygen atoms in total. The van der Waals surface area contributed by atoms with E-state index in [-0.39, 0.29) is 5.78 Å². The minimum Gasteiger partial charge on any atom is -0.396 e. The van der Waals surface area contributed by atoms with E-state index in [1.54, 1.807) is 23.1 Å². The Kier molecular flexibility index (Phi) is 4.16. The number of thiophene rings is 1. The zero-order valence-electron chi connectivity index (χ0n) is 12.1. The van der Waals surface area contributed by atoms with Crippen molar-refractivity contribution in [2.45, 2.75) is 38.5 Å². The van der Waals surface area contributed by atoms with Crippen molar-refractivity contribution in [1.82, 2.24) is 0 Å². The first kappa shape index (κ1) is 14.7. The number of nitrogens with zero attached hydrogens (tertiary/aromatic N) is 1. The lowest BCUT2D eigenvalue weighted by atomic mass is 9.93. The van der Waals surface area contributed by atoms with Crippen LogP contribution < -0.4 is 10.6 Å². The number of hydrogen-bond acceptors (Lipinski definition) is 5. The summed E-state index contributed by atoms with van der Waals surface area (Å²) in [5.41, 5.74) is 7.20. The van der Waals surface area contributed by atoms with Gasteiger partial charge in [-0.3, -0.25) is 4.79 Å². The van der Waals surface area contributed by atoms with Crippen LogP contribution in [-0.2, 0) is 0 Å². The topological polar surface area (TPSA) is 46.3 Å². The maximum Gasteiger partial charge on any atom is 0.174 e. The van der Waals surface area contributed by atoms with Crippen molar-refractivity contribution >= 4 is 39.6 Å². The second-order valence-corrected chi connectivity index (χ2v) is 7.61. The molecule has 0 saturated carbocycles. The molecule has 106 valence electrons. The van der Waals surface area contributed by atoms with Crippen LogP contribution in [-0.4, -0.2) is 25.1 Å². The Hall–Kier alpha value is -0.680. The Bertz CT molecular complexity index is 494. The molecule has 1 aliphatic rings. The average molecular weight is 298 g/mol. The number of hydrogen-bond donors (Lipinski definition) is 1. The quantitative estimate of drug-likeness (QED) is 0.677. The minimum absolute atomic E-state index is 0.155. The van der Waals surface area contributed by atoms with E-state index in [4.69, 9.17) is 5.73 Å². The lowest BCUT2D eigenvalue weighted by Gasteiger charge is -2.21. The summed E-state index contributed by atoms with van der Waals surface area (Å²) < 4.78 is 0. The van der Waals surface area contributed by atoms with Gasteiger partial charge in [-0.25, -0.2) is 0 Å². The summed E-state index contributed by atoms with van der Waals surface area (Å²) in [4.78, 5) is 16.2. The third-order valence-electron chi connectivity index (χ3n) is 3.63. The molecule has 0 spiro atoms. The normalized spacial score (nSPS) is 18.0. The average Bonchev–Trinajstić information content (AvgIpc) is 2.88. The summed E-state index contributed by atoms with van der Waals surface area (Å²) in [6.07, 6.45) is 3.74. The highest BCUT2D eigenvalue weighted by molar-refractivity contribution is 7.99. The Balaban J connectivity index is 2.38. The fourth-order valence-corrected chi connectivity index (χ4v) is 4.69. The van der Waals surface area contributed by atoms with Crippen LogP contribution in [0.25, 0.3) is 0 Å². The molecule has 5 heteroatoms. The van der Waals surface area contributed by atoms with Crippen molar-refractivity contribution in [3.05, 3.63) is 4.88 Å². The van der Waals surface area contributed by atoms with Crippen LogP contribution in [0.4, 0.5) is 10.7 Å². The molecule has 1 aromatic rings. The predicted octanol–water partition coefficient (Wildman–Crippen LogP) is 3.88. The maximum atomic E-state index is 12.0. The zero-order valence-corrected chi connectivity index (χ0v) is 13.7. The van der Waals surface area contributed by atoms with Crippen molar-refractivity contribution < 1.29 is 4.79 Å². The van der Waals surface area contributed by atoms with Gasteiger partial charge in [0.05, 0.1) is 15.5 Å². The molecule has 2 heterocycles. The number of Topliss-reactive ketones (excluding diaryl/α,β-unsaturated/α-hetero) is 1. The van der Waals surface area contributed by atoms with Gasteiger partial charge in [-0.1, -0.05) is 20.8 Å². The molecule has 19 heavy (non-hydrogen) atoms. The Morgan fingerprint density at radius 1 is 1.53 bits per heavy atom. The lowest BCUT2D eigenvalue weighted by molar-refractivity contribution is 0.0992. The van der Waals surface area contributed by atoms with E-state index < -0.39 is 0 Å². The summed E-state index contributed by atoms with van der Waals surface area (Å²) >= 11 is 3.22. The lowest BCUT2D eigenvalue weighted by Crippen LogP contribution is -2.22. The summed E-state index contributed by atoms with van der Waals surface area (Å²) in [5, 5.41) is 1.19. The monoisotopic (exact) mass is 298 g/mol. The smallest absolute Gasteiger partial charge is 0.174 e. The van der Waals surface area contributed by atoms with Crippen LogP contribution >= 0.6 is 23.1 Å². The first-order valence-corrected chi connectivity index (χ1v) is 8.68. The number of anilines is 2. The molecule has 1 saturated heterocycles. The molecule has 1 aromatic heterocycles. The third kappa shape index (κ3) is 2.77. The van der Waals surface area contributed by atoms with Gasteiger partial charge in [-0.05, 0) is 18.1 Å². The summed E-state index contributed by atoms with van der Waals surface area (Å²) in [6.45, 7) is 8.57. The molecule has 0 bridgehead atoms. The van der Waals surface area contributed by atoms with Gasteiger partial charge in [0.1, 0.15) is 5.00 Å². The molecule has 0 radical (unpaired) electrons. The fraction of sp³-hybridized carbons (Fsp3) is 0.643. The molecule has 0 amide bonds. The van der Waals surface area contributed by atoms with Crippen molar-refractivity contribution in [2.75, 3.05) is 30.0 Å². The number of carbonyl (C=O) groups is 1. The highest BCUT2D eigenvalue weighted by atomic mass is 32.2. The van der Waals surface area contributed by atoms with Gasteiger partial charge in [-0.15, -0.1) is 23.1 Å². The number of nitrogens with two attached hydrogens (primary N) is 1. The summed E-state index contributed by atoms with van der Waals surface area (Å²) in [6, 6.07) is 0. The third-order valence-corrected chi connectivity index (χ3v) is 5.88. The zero-order chi connectivity index (χ0) is 14.2. The van der Waals surface area contributed by atoms with Crippen LogP contribution in [0.5, 0.6) is 0 Å². The largest absolute Gasteiger partial charge is 0.396 e. The van der Waals surface area contributed by atoms with Crippen molar-refractivity contribution in [3.8, 4) is 0 Å². The number of ketones is 1. The van der Waals surface area contributed by atoms with Crippen LogP contribution in [0.3, 0.4) is 0 Å². The van der Waals surface area contributed by atoms with E-state index in [2.05, 4.69) is 18.7 Å². The van der Waals surface area contributed by atoms with Gasteiger partial charge in [0.25, 0.3) is 0 Å². The molecule has 0 aliphatic carbocycles. The van der Waals surface area contributed by atoms with E-state index in [9.17, 15) is 4.79 Å². The molecule has 0 aromatic carbocycles. The van der Waals surface area contributed by atoms with E-state index in [1.165, 1.54) is 11.4 Å². The molecule has 1 aliphatic heterocycles. The first-order chi connectivity index (χ1) is 8.89. The van der Waals surface area contributed by atoms with Gasteiger partial charge < -0.3 is 10.6 Å². The SMILES string of the molecule is CCC(=O)c1sc(N2CCC(C)(C)C2)c(SC)c1N. The highest BCUT2D eigenvalue weighted by Crippen LogP contribution is 2.46. The molecular weight excluding hydrogens is 276 g/mol. The summed E-state index contributed by atoms with van der Waals surface area (Å²) in [5.74, 6) is 0.155. The van der Waals surface area contributed by atoms with E-state index in [1.807, 2.05) is 13.2 Å². The highest BCUT2D eigenvalue weighted by Gasteiger charge is 2.32. The van der Waals surface area contributed by atoms with Crippen LogP contribution in [0.15, 0.2) is 4.90 Å². The van der Waals surface area contributed by atoms with E-state index in [0.29, 0.717) is 17.5 Å². The number of rotatable bonds is 4. The first-order valence-electron chi connectivity index (χ1n) is 6.64. The maximum absolute atomic E-state index is 12.0. The van der Waals surface area contributed by atoms with Crippen LogP contribution in [0.2, 0.25) is 0 Å². The van der Waals surface area contributed by atoms with Gasteiger partial charge >= 0.3 is 0 Å². The molecule has 2 rings (SSSR count). The Labute approximate surface area is 123 Å². The van der Waals surface area contributed by atoms with Gasteiger partial charge in [0.2, 0.25) is 0 Å². The van der Waals surface area contributed by atoms with Gasteiger partial charge in [0, 0.05) is 19.5 Å². The second-order valence-electron chi connectivity index (χ2n) is 5.80. The van der Waals surface area contributed by atoms with Crippen LogP contribution in [0, 0.1) is 5.41 Å². The summed E-state index contributed by atoms with van der Waals surface area (Å²) in [7, 11) is 0. The van der Waals surface area contributed by atoms with E-state index >= 15 is 0 Å². The fourth-order valence-electron chi connectivity index (χ4n) is 2.48. The Morgan fingerprint density at radius 2 is 2.21 bits per heavy atom. The second kappa shape index (κ2) is 5.37. The minimum atomic E-state index is 0.155. The van der Waals surface area contributed by atoms with E-state index in [0.717, 1.165) is 22.9 Å².